The molecule has 1 aliphatic carbocycles. The number of fused-ring (bicyclic) bond motifs is 3. The molecule has 2 heterocycles. The zero-order chi connectivity index (χ0) is 31.2. The molecule has 3 aromatic carbocycles. The molecule has 2 saturated heterocycles. The van der Waals surface area contributed by atoms with E-state index in [-0.39, 0.29) is 12.0 Å². The van der Waals surface area contributed by atoms with Crippen LogP contribution in [-0.2, 0) is 20.6 Å². The molecule has 3 aliphatic rings. The van der Waals surface area contributed by atoms with E-state index >= 15 is 0 Å². The molecule has 1 amide bonds. The summed E-state index contributed by atoms with van der Waals surface area (Å²) in [6.07, 6.45) is -0.272. The Morgan fingerprint density at radius 3 is 2.09 bits per heavy atom. The van der Waals surface area contributed by atoms with E-state index in [0.29, 0.717) is 45.0 Å². The lowest BCUT2D eigenvalue weighted by atomic mass is 9.71. The van der Waals surface area contributed by atoms with E-state index in [9.17, 15) is 10.3 Å². The molecule has 3 aromatic rings. The van der Waals surface area contributed by atoms with Crippen LogP contribution in [0.5, 0.6) is 0 Å². The van der Waals surface area contributed by atoms with Gasteiger partial charge >= 0.3 is 13.2 Å². The molecule has 44 heavy (non-hydrogen) atoms. The van der Waals surface area contributed by atoms with Gasteiger partial charge in [0.1, 0.15) is 6.61 Å². The smallest absolute Gasteiger partial charge is 0.448 e. The second kappa shape index (κ2) is 11.6. The third kappa shape index (κ3) is 5.37. The van der Waals surface area contributed by atoms with Gasteiger partial charge in [0.2, 0.25) is 0 Å². The fourth-order valence-corrected chi connectivity index (χ4v) is 6.62. The fraction of sp³-hybridized carbons (Fsp3) is 0.441. The van der Waals surface area contributed by atoms with Crippen LogP contribution in [0.25, 0.3) is 21.6 Å². The van der Waals surface area contributed by atoms with Gasteiger partial charge in [0.05, 0.1) is 11.2 Å². The van der Waals surface area contributed by atoms with Crippen LogP contribution < -0.4 is 5.46 Å². The highest BCUT2D eigenvalue weighted by molar-refractivity contribution is 6.63. The molecule has 0 atom stereocenters. The van der Waals surface area contributed by atoms with Gasteiger partial charge < -0.3 is 18.9 Å². The number of benzene rings is 3. The molecular formula is C34H40BN5O4. The van der Waals surface area contributed by atoms with Crippen LogP contribution in [0.3, 0.4) is 0 Å². The van der Waals surface area contributed by atoms with Crippen molar-refractivity contribution in [1.29, 1.82) is 0 Å². The van der Waals surface area contributed by atoms with E-state index in [1.807, 2.05) is 52.8 Å². The van der Waals surface area contributed by atoms with Crippen LogP contribution in [0.4, 0.5) is 10.5 Å². The number of azide groups is 1. The number of rotatable bonds is 6. The molecule has 228 valence electrons. The van der Waals surface area contributed by atoms with E-state index in [2.05, 4.69) is 58.2 Å². The van der Waals surface area contributed by atoms with Gasteiger partial charge in [-0.15, -0.1) is 0 Å². The SMILES string of the molecule is Cc1c(CN2CCN(C(=O)OCC3c4ccccc4-c4ccccc43)CC2)cc(N=[N+]=[N-])c(C)c1B1OC(C)(C)C(C)(C)O1. The van der Waals surface area contributed by atoms with Crippen LogP contribution in [-0.4, -0.2) is 67.0 Å². The number of hydrogen-bond donors (Lipinski definition) is 0. The number of carbonyl (C=O) groups excluding carboxylic acids is 1. The van der Waals surface area contributed by atoms with Crippen molar-refractivity contribution in [2.45, 2.75) is 65.2 Å². The van der Waals surface area contributed by atoms with Crippen molar-refractivity contribution >= 4 is 24.4 Å². The second-order valence-corrected chi connectivity index (χ2v) is 13.1. The summed E-state index contributed by atoms with van der Waals surface area (Å²) in [7, 11) is -0.557. The summed E-state index contributed by atoms with van der Waals surface area (Å²) in [5.74, 6) is 0.0422. The minimum Gasteiger partial charge on any atom is -0.448 e. The summed E-state index contributed by atoms with van der Waals surface area (Å²) in [4.78, 5) is 20.4. The second-order valence-electron chi connectivity index (χ2n) is 13.1. The molecule has 0 N–H and O–H groups in total. The monoisotopic (exact) mass is 593 g/mol. The number of carbonyl (C=O) groups is 1. The molecular weight excluding hydrogens is 553 g/mol. The minimum atomic E-state index is -0.557. The summed E-state index contributed by atoms with van der Waals surface area (Å²) in [5, 5.41) is 4.00. The van der Waals surface area contributed by atoms with Crippen molar-refractivity contribution in [2.24, 2.45) is 5.11 Å². The van der Waals surface area contributed by atoms with Gasteiger partial charge in [-0.3, -0.25) is 4.90 Å². The molecule has 0 saturated carbocycles. The summed E-state index contributed by atoms with van der Waals surface area (Å²) in [6.45, 7) is 15.7. The summed E-state index contributed by atoms with van der Waals surface area (Å²) >= 11 is 0. The summed E-state index contributed by atoms with van der Waals surface area (Å²) < 4.78 is 18.7. The minimum absolute atomic E-state index is 0.0422. The lowest BCUT2D eigenvalue weighted by Gasteiger charge is -2.35. The molecule has 0 radical (unpaired) electrons. The van der Waals surface area contributed by atoms with Gasteiger partial charge in [0.25, 0.3) is 0 Å². The topological polar surface area (TPSA) is 100 Å². The standard InChI is InChI=1S/C34H40BN5O4/c1-22-24(19-30(37-38-36)23(2)31(22)35-43-33(3,4)34(5,6)44-35)20-39-15-17-40(18-16-39)32(41)42-21-29-27-13-9-7-11-25(27)26-12-8-10-14-28(26)29/h7-14,19,29H,15-18,20-21H2,1-6H3. The van der Waals surface area contributed by atoms with Crippen LogP contribution in [0, 0.1) is 13.8 Å². The predicted molar refractivity (Wildman–Crippen MR) is 172 cm³/mol. The zero-order valence-electron chi connectivity index (χ0n) is 26.5. The Bertz CT molecular complexity index is 1580. The highest BCUT2D eigenvalue weighted by Crippen LogP contribution is 2.44. The lowest BCUT2D eigenvalue weighted by Crippen LogP contribution is -2.48. The van der Waals surface area contributed by atoms with Gasteiger partial charge in [0.15, 0.2) is 0 Å². The number of ether oxygens (including phenoxy) is 1. The van der Waals surface area contributed by atoms with Crippen LogP contribution in [0.2, 0.25) is 0 Å². The number of hydrogen-bond acceptors (Lipinski definition) is 6. The molecule has 0 unspecified atom stereocenters. The summed E-state index contributed by atoms with van der Waals surface area (Å²) in [6, 6.07) is 18.7. The van der Waals surface area contributed by atoms with Gasteiger partial charge in [-0.25, -0.2) is 4.79 Å². The Labute approximate surface area is 259 Å². The maximum absolute atomic E-state index is 13.2. The molecule has 2 aliphatic heterocycles. The van der Waals surface area contributed by atoms with Crippen molar-refractivity contribution in [2.75, 3.05) is 32.8 Å². The van der Waals surface area contributed by atoms with Crippen molar-refractivity contribution < 1.29 is 18.8 Å². The first-order valence-electron chi connectivity index (χ1n) is 15.4. The van der Waals surface area contributed by atoms with Crippen molar-refractivity contribution in [3.05, 3.63) is 92.9 Å². The van der Waals surface area contributed by atoms with Gasteiger partial charge in [-0.2, -0.15) is 0 Å². The fourth-order valence-electron chi connectivity index (χ4n) is 6.62. The van der Waals surface area contributed by atoms with Crippen LogP contribution >= 0.6 is 0 Å². The first kappa shape index (κ1) is 30.2. The van der Waals surface area contributed by atoms with E-state index in [1.165, 1.54) is 22.3 Å². The largest absolute Gasteiger partial charge is 0.495 e. The average Bonchev–Trinajstić information content (AvgIpc) is 3.43. The highest BCUT2D eigenvalue weighted by atomic mass is 16.7. The molecule has 9 nitrogen and oxygen atoms in total. The Hall–Kier alpha value is -3.82. The van der Waals surface area contributed by atoms with Crippen molar-refractivity contribution in [1.82, 2.24) is 9.80 Å². The number of amides is 1. The lowest BCUT2D eigenvalue weighted by molar-refractivity contribution is 0.00578. The Kier molecular flexibility index (Phi) is 7.97. The molecule has 0 aromatic heterocycles. The van der Waals surface area contributed by atoms with Crippen molar-refractivity contribution in [3.63, 3.8) is 0 Å². The highest BCUT2D eigenvalue weighted by Gasteiger charge is 2.52. The quantitative estimate of drug-likeness (QED) is 0.139. The molecule has 10 heteroatoms. The predicted octanol–water partition coefficient (Wildman–Crippen LogP) is 6.61. The Morgan fingerprint density at radius 2 is 1.52 bits per heavy atom. The first-order chi connectivity index (χ1) is 21.0. The maximum Gasteiger partial charge on any atom is 0.495 e. The van der Waals surface area contributed by atoms with Gasteiger partial charge in [0, 0.05) is 49.2 Å². The van der Waals surface area contributed by atoms with Gasteiger partial charge in [-0.1, -0.05) is 53.6 Å². The maximum atomic E-state index is 13.2. The normalized spacial score (nSPS) is 19.0. The third-order valence-corrected chi connectivity index (χ3v) is 9.99. The Balaban J connectivity index is 1.11. The number of nitrogens with zero attached hydrogens (tertiary/aromatic N) is 5. The van der Waals surface area contributed by atoms with Crippen LogP contribution in [0.15, 0.2) is 59.7 Å². The van der Waals surface area contributed by atoms with E-state index in [4.69, 9.17) is 14.0 Å². The molecule has 6 rings (SSSR count). The molecule has 2 fully saturated rings. The average molecular weight is 594 g/mol. The first-order valence-corrected chi connectivity index (χ1v) is 15.4. The molecule has 0 spiro atoms. The van der Waals surface area contributed by atoms with E-state index in [0.717, 1.165) is 22.2 Å². The van der Waals surface area contributed by atoms with Gasteiger partial charge in [-0.05, 0) is 97.5 Å². The summed E-state index contributed by atoms with van der Waals surface area (Å²) in [5.41, 5.74) is 17.6. The van der Waals surface area contributed by atoms with Crippen molar-refractivity contribution in [3.8, 4) is 11.1 Å². The van der Waals surface area contributed by atoms with E-state index in [1.54, 1.807) is 4.90 Å². The third-order valence-electron chi connectivity index (χ3n) is 9.99. The Morgan fingerprint density at radius 1 is 0.955 bits per heavy atom. The molecule has 0 bridgehead atoms. The van der Waals surface area contributed by atoms with Crippen LogP contribution in [0.1, 0.15) is 61.4 Å². The number of piperazine rings is 1. The zero-order valence-corrected chi connectivity index (χ0v) is 26.5. The van der Waals surface area contributed by atoms with E-state index < -0.39 is 18.3 Å².